The van der Waals surface area contributed by atoms with Crippen LogP contribution < -0.4 is 5.32 Å². The lowest BCUT2D eigenvalue weighted by Crippen LogP contribution is -2.24. The SMILES string of the molecule is CC#CCNC(=O)c1ccc(Br)cn1. The molecule has 0 spiro atoms. The first kappa shape index (κ1) is 10.7. The topological polar surface area (TPSA) is 42.0 Å². The molecule has 4 heteroatoms. The van der Waals surface area contributed by atoms with Crippen LogP contribution in [-0.2, 0) is 0 Å². The molecule has 1 aromatic rings. The average molecular weight is 253 g/mol. The zero-order valence-electron chi connectivity index (χ0n) is 7.67. The van der Waals surface area contributed by atoms with Crippen LogP contribution >= 0.6 is 15.9 Å². The molecule has 0 fully saturated rings. The van der Waals surface area contributed by atoms with E-state index in [0.717, 1.165) is 4.47 Å². The highest BCUT2D eigenvalue weighted by Gasteiger charge is 2.04. The molecule has 1 heterocycles. The minimum absolute atomic E-state index is 0.208. The average Bonchev–Trinajstić information content (AvgIpc) is 2.19. The van der Waals surface area contributed by atoms with E-state index >= 15 is 0 Å². The van der Waals surface area contributed by atoms with Crippen molar-refractivity contribution in [2.45, 2.75) is 6.92 Å². The second kappa shape index (κ2) is 5.40. The monoisotopic (exact) mass is 252 g/mol. The van der Waals surface area contributed by atoms with Gasteiger partial charge in [-0.15, -0.1) is 5.92 Å². The number of hydrogen-bond acceptors (Lipinski definition) is 2. The van der Waals surface area contributed by atoms with E-state index < -0.39 is 0 Å². The highest BCUT2D eigenvalue weighted by atomic mass is 79.9. The molecular formula is C10H9BrN2O. The molecule has 0 atom stereocenters. The van der Waals surface area contributed by atoms with Gasteiger partial charge in [0.2, 0.25) is 0 Å². The molecule has 1 N–H and O–H groups in total. The number of carbonyl (C=O) groups excluding carboxylic acids is 1. The van der Waals surface area contributed by atoms with Gasteiger partial charge in [-0.2, -0.15) is 0 Å². The van der Waals surface area contributed by atoms with Crippen LogP contribution in [0.1, 0.15) is 17.4 Å². The van der Waals surface area contributed by atoms with E-state index in [2.05, 4.69) is 38.1 Å². The molecule has 0 aromatic carbocycles. The van der Waals surface area contributed by atoms with Gasteiger partial charge in [0.25, 0.3) is 5.91 Å². The van der Waals surface area contributed by atoms with E-state index in [1.54, 1.807) is 25.3 Å². The van der Waals surface area contributed by atoms with Crippen molar-refractivity contribution in [2.75, 3.05) is 6.54 Å². The Morgan fingerprint density at radius 3 is 3.00 bits per heavy atom. The van der Waals surface area contributed by atoms with Crippen LogP contribution in [0.25, 0.3) is 0 Å². The molecule has 72 valence electrons. The first-order valence-corrected chi connectivity index (χ1v) is 4.82. The quantitative estimate of drug-likeness (QED) is 0.813. The Bertz CT molecular complexity index is 375. The fourth-order valence-electron chi connectivity index (χ4n) is 0.814. The summed E-state index contributed by atoms with van der Waals surface area (Å²) < 4.78 is 0.849. The largest absolute Gasteiger partial charge is 0.340 e. The first-order valence-electron chi connectivity index (χ1n) is 4.03. The van der Waals surface area contributed by atoms with E-state index in [0.29, 0.717) is 12.2 Å². The summed E-state index contributed by atoms with van der Waals surface area (Å²) in [7, 11) is 0. The van der Waals surface area contributed by atoms with Crippen LogP contribution in [0.3, 0.4) is 0 Å². The number of rotatable bonds is 2. The molecule has 1 amide bonds. The van der Waals surface area contributed by atoms with Crippen molar-refractivity contribution in [3.8, 4) is 11.8 Å². The molecule has 3 nitrogen and oxygen atoms in total. The highest BCUT2D eigenvalue weighted by Crippen LogP contribution is 2.06. The van der Waals surface area contributed by atoms with Gasteiger partial charge < -0.3 is 5.32 Å². The van der Waals surface area contributed by atoms with Crippen LogP contribution in [0.4, 0.5) is 0 Å². The predicted molar refractivity (Wildman–Crippen MR) is 57.7 cm³/mol. The summed E-state index contributed by atoms with van der Waals surface area (Å²) in [5, 5.41) is 2.63. The van der Waals surface area contributed by atoms with Crippen molar-refractivity contribution in [1.29, 1.82) is 0 Å². The molecule has 0 aliphatic heterocycles. The first-order chi connectivity index (χ1) is 6.74. The molecule has 0 radical (unpaired) electrons. The molecule has 14 heavy (non-hydrogen) atoms. The van der Waals surface area contributed by atoms with Crippen LogP contribution in [0.15, 0.2) is 22.8 Å². The van der Waals surface area contributed by atoms with Crippen molar-refractivity contribution in [1.82, 2.24) is 10.3 Å². The van der Waals surface area contributed by atoms with Crippen LogP contribution in [0.2, 0.25) is 0 Å². The molecular weight excluding hydrogens is 244 g/mol. The molecule has 0 aliphatic carbocycles. The molecule has 0 aliphatic rings. The number of hydrogen-bond donors (Lipinski definition) is 1. The molecule has 0 unspecified atom stereocenters. The number of carbonyl (C=O) groups is 1. The maximum Gasteiger partial charge on any atom is 0.270 e. The second-order valence-electron chi connectivity index (χ2n) is 2.47. The van der Waals surface area contributed by atoms with Gasteiger partial charge in [-0.3, -0.25) is 4.79 Å². The maximum absolute atomic E-state index is 11.4. The van der Waals surface area contributed by atoms with E-state index in [-0.39, 0.29) is 5.91 Å². The molecule has 0 bridgehead atoms. The molecule has 1 aromatic heterocycles. The number of aromatic nitrogens is 1. The fraction of sp³-hybridized carbons (Fsp3) is 0.200. The lowest BCUT2D eigenvalue weighted by atomic mass is 10.3. The van der Waals surface area contributed by atoms with E-state index in [4.69, 9.17) is 0 Å². The van der Waals surface area contributed by atoms with Crippen molar-refractivity contribution >= 4 is 21.8 Å². The van der Waals surface area contributed by atoms with Gasteiger partial charge in [0.1, 0.15) is 5.69 Å². The number of amides is 1. The summed E-state index contributed by atoms with van der Waals surface area (Å²) >= 11 is 3.24. The third kappa shape index (κ3) is 3.19. The summed E-state index contributed by atoms with van der Waals surface area (Å²) in [5.74, 6) is 5.22. The van der Waals surface area contributed by atoms with Gasteiger partial charge in [-0.1, -0.05) is 5.92 Å². The van der Waals surface area contributed by atoms with E-state index in [1.165, 1.54) is 0 Å². The van der Waals surface area contributed by atoms with Crippen LogP contribution in [0, 0.1) is 11.8 Å². The minimum Gasteiger partial charge on any atom is -0.340 e. The van der Waals surface area contributed by atoms with Crippen molar-refractivity contribution < 1.29 is 4.79 Å². The summed E-state index contributed by atoms with van der Waals surface area (Å²) in [6, 6.07) is 3.42. The Balaban J connectivity index is 2.59. The van der Waals surface area contributed by atoms with Crippen molar-refractivity contribution in [3.05, 3.63) is 28.5 Å². The number of halogens is 1. The minimum atomic E-state index is -0.208. The zero-order chi connectivity index (χ0) is 10.4. The lowest BCUT2D eigenvalue weighted by Gasteiger charge is -1.99. The second-order valence-corrected chi connectivity index (χ2v) is 3.39. The molecule has 1 rings (SSSR count). The fourth-order valence-corrected chi connectivity index (χ4v) is 1.05. The van der Waals surface area contributed by atoms with Crippen LogP contribution in [-0.4, -0.2) is 17.4 Å². The molecule has 0 saturated carbocycles. The van der Waals surface area contributed by atoms with Gasteiger partial charge in [0, 0.05) is 10.7 Å². The Morgan fingerprint density at radius 1 is 1.64 bits per heavy atom. The smallest absolute Gasteiger partial charge is 0.270 e. The van der Waals surface area contributed by atoms with Crippen molar-refractivity contribution in [2.24, 2.45) is 0 Å². The Morgan fingerprint density at radius 2 is 2.43 bits per heavy atom. The van der Waals surface area contributed by atoms with Gasteiger partial charge in [0.15, 0.2) is 0 Å². The van der Waals surface area contributed by atoms with Gasteiger partial charge in [0.05, 0.1) is 6.54 Å². The number of nitrogens with one attached hydrogen (secondary N) is 1. The number of pyridine rings is 1. The predicted octanol–water partition coefficient (Wildman–Crippen LogP) is 1.60. The summed E-state index contributed by atoms with van der Waals surface area (Å²) in [6.45, 7) is 2.08. The van der Waals surface area contributed by atoms with Crippen LogP contribution in [0.5, 0.6) is 0 Å². The van der Waals surface area contributed by atoms with Gasteiger partial charge >= 0.3 is 0 Å². The molecule has 0 saturated heterocycles. The zero-order valence-corrected chi connectivity index (χ0v) is 9.26. The summed E-state index contributed by atoms with van der Waals surface area (Å²) in [4.78, 5) is 15.3. The Hall–Kier alpha value is -1.34. The highest BCUT2D eigenvalue weighted by molar-refractivity contribution is 9.10. The summed E-state index contributed by atoms with van der Waals surface area (Å²) in [6.07, 6.45) is 1.58. The summed E-state index contributed by atoms with van der Waals surface area (Å²) in [5.41, 5.74) is 0.395. The third-order valence-corrected chi connectivity index (χ3v) is 1.94. The lowest BCUT2D eigenvalue weighted by molar-refractivity contribution is 0.0954. The van der Waals surface area contributed by atoms with Crippen molar-refractivity contribution in [3.63, 3.8) is 0 Å². The van der Waals surface area contributed by atoms with E-state index in [9.17, 15) is 4.79 Å². The van der Waals surface area contributed by atoms with Gasteiger partial charge in [-0.25, -0.2) is 4.98 Å². The third-order valence-electron chi connectivity index (χ3n) is 1.47. The van der Waals surface area contributed by atoms with E-state index in [1.807, 2.05) is 0 Å². The Labute approximate surface area is 91.1 Å². The standard InChI is InChI=1S/C10H9BrN2O/c1-2-3-6-12-10(14)9-5-4-8(11)7-13-9/h4-5,7H,6H2,1H3,(H,12,14). The number of nitrogens with zero attached hydrogens (tertiary/aromatic N) is 1. The normalized spacial score (nSPS) is 8.71. The van der Waals surface area contributed by atoms with Gasteiger partial charge in [-0.05, 0) is 35.0 Å². The Kier molecular flexibility index (Phi) is 4.14. The maximum atomic E-state index is 11.4.